The Kier molecular flexibility index (Phi) is 4.70. The van der Waals surface area contributed by atoms with E-state index in [2.05, 4.69) is 27.1 Å². The van der Waals surface area contributed by atoms with E-state index >= 15 is 0 Å². The lowest BCUT2D eigenvalue weighted by atomic mass is 9.96. The Hall–Kier alpha value is -2.67. The minimum absolute atomic E-state index is 0.0881. The molecule has 3 aromatic rings. The molecule has 0 spiro atoms. The van der Waals surface area contributed by atoms with Gasteiger partial charge in [-0.3, -0.25) is 10.00 Å². The summed E-state index contributed by atoms with van der Waals surface area (Å²) in [5, 5.41) is 12.0. The molecule has 1 aromatic carbocycles. The number of nitrogens with zero attached hydrogens (tertiary/aromatic N) is 5. The van der Waals surface area contributed by atoms with Crippen molar-refractivity contribution in [2.75, 3.05) is 13.1 Å². The van der Waals surface area contributed by atoms with Crippen LogP contribution in [0, 0.1) is 13.8 Å². The van der Waals surface area contributed by atoms with Crippen molar-refractivity contribution in [2.45, 2.75) is 39.2 Å². The van der Waals surface area contributed by atoms with Gasteiger partial charge >= 0.3 is 5.69 Å². The molecule has 1 aliphatic heterocycles. The van der Waals surface area contributed by atoms with E-state index in [-0.39, 0.29) is 11.6 Å². The maximum Gasteiger partial charge on any atom is 0.350 e. The van der Waals surface area contributed by atoms with Gasteiger partial charge in [0.2, 0.25) is 0 Å². The lowest BCUT2D eigenvalue weighted by Gasteiger charge is -2.32. The molecule has 142 valence electrons. The average Bonchev–Trinajstić information content (AvgIpc) is 3.16. The number of aromatic amines is 1. The summed E-state index contributed by atoms with van der Waals surface area (Å²) in [4.78, 5) is 15.1. The van der Waals surface area contributed by atoms with E-state index in [1.165, 1.54) is 10.2 Å². The highest BCUT2D eigenvalue weighted by molar-refractivity contribution is 5.33. The third-order valence-corrected chi connectivity index (χ3v) is 5.50. The van der Waals surface area contributed by atoms with Crippen LogP contribution in [-0.4, -0.2) is 42.5 Å². The molecule has 2 aromatic heterocycles. The fourth-order valence-corrected chi connectivity index (χ4v) is 4.01. The van der Waals surface area contributed by atoms with Gasteiger partial charge in [0.1, 0.15) is 5.82 Å². The second-order valence-electron chi connectivity index (χ2n) is 7.42. The first kappa shape index (κ1) is 17.7. The molecule has 1 fully saturated rings. The quantitative estimate of drug-likeness (QED) is 0.769. The summed E-state index contributed by atoms with van der Waals surface area (Å²) < 4.78 is 3.22. The van der Waals surface area contributed by atoms with Crippen molar-refractivity contribution in [3.05, 3.63) is 63.6 Å². The van der Waals surface area contributed by atoms with Crippen LogP contribution in [0.25, 0.3) is 5.69 Å². The van der Waals surface area contributed by atoms with E-state index in [1.54, 1.807) is 11.6 Å². The maximum absolute atomic E-state index is 12.7. The highest BCUT2D eigenvalue weighted by Crippen LogP contribution is 2.28. The van der Waals surface area contributed by atoms with Crippen LogP contribution in [0.2, 0.25) is 0 Å². The van der Waals surface area contributed by atoms with Crippen molar-refractivity contribution < 1.29 is 0 Å². The van der Waals surface area contributed by atoms with E-state index in [1.807, 2.05) is 37.3 Å². The summed E-state index contributed by atoms with van der Waals surface area (Å²) in [5.74, 6) is 1.10. The van der Waals surface area contributed by atoms with Crippen LogP contribution < -0.4 is 5.69 Å². The fraction of sp³-hybridized carbons (Fsp3) is 0.450. The number of benzene rings is 1. The number of para-hydroxylation sites is 1. The topological polar surface area (TPSA) is 71.7 Å². The summed E-state index contributed by atoms with van der Waals surface area (Å²) >= 11 is 0. The molecule has 0 bridgehead atoms. The molecule has 1 N–H and O–H groups in total. The summed E-state index contributed by atoms with van der Waals surface area (Å²) in [6.07, 6.45) is 2.14. The molecule has 7 heteroatoms. The summed E-state index contributed by atoms with van der Waals surface area (Å²) in [5.41, 5.74) is 4.26. The van der Waals surface area contributed by atoms with Crippen LogP contribution in [0.4, 0.5) is 0 Å². The Morgan fingerprint density at radius 3 is 2.70 bits per heavy atom. The van der Waals surface area contributed by atoms with Crippen LogP contribution >= 0.6 is 0 Å². The van der Waals surface area contributed by atoms with Gasteiger partial charge in [0.05, 0.1) is 11.4 Å². The van der Waals surface area contributed by atoms with Crippen LogP contribution in [0.5, 0.6) is 0 Å². The van der Waals surface area contributed by atoms with E-state index < -0.39 is 0 Å². The molecule has 27 heavy (non-hydrogen) atoms. The summed E-state index contributed by atoms with van der Waals surface area (Å²) in [7, 11) is 1.73. The lowest BCUT2D eigenvalue weighted by molar-refractivity contribution is 0.195. The van der Waals surface area contributed by atoms with E-state index in [0.29, 0.717) is 0 Å². The van der Waals surface area contributed by atoms with Crippen LogP contribution in [-0.2, 0) is 13.6 Å². The zero-order valence-electron chi connectivity index (χ0n) is 16.1. The standard InChI is InChI=1S/C20H26N6O/c1-14-18(15(2)22-21-14)13-25-11-7-8-16(12-25)19-23-24(3)20(27)26(19)17-9-5-4-6-10-17/h4-6,9-10,16H,7-8,11-13H2,1-3H3,(H,21,22)/t16-/m1/s1. The van der Waals surface area contributed by atoms with Crippen molar-refractivity contribution in [3.63, 3.8) is 0 Å². The van der Waals surface area contributed by atoms with Gasteiger partial charge in [-0.15, -0.1) is 0 Å². The SMILES string of the molecule is Cc1n[nH]c(C)c1CN1CCC[C@@H](c2nn(C)c(=O)n2-c2ccccc2)C1. The largest absolute Gasteiger partial charge is 0.350 e. The van der Waals surface area contributed by atoms with Gasteiger partial charge in [0.25, 0.3) is 0 Å². The van der Waals surface area contributed by atoms with Crippen molar-refractivity contribution in [1.82, 2.24) is 29.4 Å². The predicted molar refractivity (Wildman–Crippen MR) is 104 cm³/mol. The number of aromatic nitrogens is 5. The van der Waals surface area contributed by atoms with E-state index in [9.17, 15) is 4.79 Å². The number of H-pyrrole nitrogens is 1. The first-order chi connectivity index (χ1) is 13.0. The molecule has 1 saturated heterocycles. The van der Waals surface area contributed by atoms with Crippen molar-refractivity contribution in [1.29, 1.82) is 0 Å². The molecular weight excluding hydrogens is 340 g/mol. The van der Waals surface area contributed by atoms with Crippen LogP contribution in [0.1, 0.15) is 41.5 Å². The highest BCUT2D eigenvalue weighted by atomic mass is 16.2. The molecule has 0 saturated carbocycles. The molecule has 1 aliphatic rings. The molecule has 1 atom stereocenters. The first-order valence-electron chi connectivity index (χ1n) is 9.48. The average molecular weight is 366 g/mol. The Bertz CT molecular complexity index is 964. The zero-order valence-corrected chi connectivity index (χ0v) is 16.1. The fourth-order valence-electron chi connectivity index (χ4n) is 4.01. The monoisotopic (exact) mass is 366 g/mol. The summed E-state index contributed by atoms with van der Waals surface area (Å²) in [6.45, 7) is 6.96. The lowest BCUT2D eigenvalue weighted by Crippen LogP contribution is -2.35. The van der Waals surface area contributed by atoms with Gasteiger partial charge in [0, 0.05) is 37.3 Å². The molecule has 0 amide bonds. The molecule has 4 rings (SSSR count). The first-order valence-corrected chi connectivity index (χ1v) is 9.48. The van der Waals surface area contributed by atoms with Gasteiger partial charge in [-0.25, -0.2) is 14.0 Å². The van der Waals surface area contributed by atoms with Gasteiger partial charge in [-0.05, 0) is 45.4 Å². The Morgan fingerprint density at radius 1 is 1.22 bits per heavy atom. The molecule has 0 aliphatic carbocycles. The molecule has 7 nitrogen and oxygen atoms in total. The number of rotatable bonds is 4. The molecule has 3 heterocycles. The third kappa shape index (κ3) is 3.35. The normalized spacial score (nSPS) is 18.1. The highest BCUT2D eigenvalue weighted by Gasteiger charge is 2.28. The third-order valence-electron chi connectivity index (χ3n) is 5.50. The predicted octanol–water partition coefficient (Wildman–Crippen LogP) is 2.29. The number of aryl methyl sites for hydroxylation is 3. The Labute approximate surface area is 158 Å². The zero-order chi connectivity index (χ0) is 19.0. The second-order valence-corrected chi connectivity index (χ2v) is 7.42. The Balaban J connectivity index is 1.62. The van der Waals surface area contributed by atoms with Crippen molar-refractivity contribution in [2.24, 2.45) is 7.05 Å². The Morgan fingerprint density at radius 2 is 2.00 bits per heavy atom. The van der Waals surface area contributed by atoms with Gasteiger partial charge < -0.3 is 0 Å². The number of hydrogen-bond acceptors (Lipinski definition) is 4. The minimum atomic E-state index is -0.0881. The van der Waals surface area contributed by atoms with E-state index in [4.69, 9.17) is 0 Å². The second kappa shape index (κ2) is 7.15. The number of nitrogens with one attached hydrogen (secondary N) is 1. The number of likely N-dealkylation sites (tertiary alicyclic amines) is 1. The number of hydrogen-bond donors (Lipinski definition) is 1. The maximum atomic E-state index is 12.7. The van der Waals surface area contributed by atoms with Crippen molar-refractivity contribution >= 4 is 0 Å². The van der Waals surface area contributed by atoms with Crippen LogP contribution in [0.3, 0.4) is 0 Å². The van der Waals surface area contributed by atoms with E-state index in [0.717, 1.165) is 55.4 Å². The molecular formula is C20H26N6O. The summed E-state index contributed by atoms with van der Waals surface area (Å²) in [6, 6.07) is 9.80. The smallest absolute Gasteiger partial charge is 0.298 e. The molecule has 0 radical (unpaired) electrons. The van der Waals surface area contributed by atoms with Crippen LogP contribution in [0.15, 0.2) is 35.1 Å². The van der Waals surface area contributed by atoms with Gasteiger partial charge in [-0.1, -0.05) is 18.2 Å². The number of piperidine rings is 1. The minimum Gasteiger partial charge on any atom is -0.298 e. The van der Waals surface area contributed by atoms with Gasteiger partial charge in [-0.2, -0.15) is 10.2 Å². The van der Waals surface area contributed by atoms with Crippen molar-refractivity contribution in [3.8, 4) is 5.69 Å². The molecule has 0 unspecified atom stereocenters. The van der Waals surface area contributed by atoms with Gasteiger partial charge in [0.15, 0.2) is 0 Å².